The lowest BCUT2D eigenvalue weighted by molar-refractivity contribution is -0.140. The van der Waals surface area contributed by atoms with Crippen molar-refractivity contribution in [2.24, 2.45) is 0 Å². The van der Waals surface area contributed by atoms with Crippen molar-refractivity contribution in [1.29, 1.82) is 0 Å². The Morgan fingerprint density at radius 2 is 1.67 bits per heavy atom. The Hall–Kier alpha value is -3.27. The minimum absolute atomic E-state index is 0.0333. The highest BCUT2D eigenvalue weighted by Crippen LogP contribution is 2.31. The average Bonchev–Trinajstić information content (AvgIpc) is 2.90. The second-order valence-corrected chi connectivity index (χ2v) is 11.6. The van der Waals surface area contributed by atoms with Gasteiger partial charge in [0.05, 0.1) is 24.1 Å². The molecule has 39 heavy (non-hydrogen) atoms. The minimum atomic E-state index is -3.96. The van der Waals surface area contributed by atoms with Crippen LogP contribution in [0.4, 0.5) is 5.69 Å². The van der Waals surface area contributed by atoms with E-state index in [1.54, 1.807) is 25.1 Å². The van der Waals surface area contributed by atoms with Crippen molar-refractivity contribution in [3.63, 3.8) is 0 Å². The van der Waals surface area contributed by atoms with E-state index in [4.69, 9.17) is 27.9 Å². The van der Waals surface area contributed by atoms with Crippen molar-refractivity contribution in [3.8, 4) is 5.75 Å². The van der Waals surface area contributed by atoms with E-state index in [9.17, 15) is 18.0 Å². The van der Waals surface area contributed by atoms with Gasteiger partial charge in [-0.15, -0.1) is 0 Å². The normalized spacial score (nSPS) is 11.9. The fourth-order valence-corrected chi connectivity index (χ4v) is 5.37. The molecule has 0 unspecified atom stereocenters. The van der Waals surface area contributed by atoms with E-state index in [1.807, 2.05) is 36.4 Å². The first-order valence-electron chi connectivity index (χ1n) is 12.2. The molecule has 0 radical (unpaired) electrons. The van der Waals surface area contributed by atoms with Crippen molar-refractivity contribution in [2.75, 3.05) is 30.8 Å². The van der Waals surface area contributed by atoms with Gasteiger partial charge in [0.25, 0.3) is 0 Å². The number of carbonyl (C=O) groups excluding carboxylic acids is 2. The van der Waals surface area contributed by atoms with Gasteiger partial charge in [0.15, 0.2) is 0 Å². The van der Waals surface area contributed by atoms with Crippen molar-refractivity contribution in [1.82, 2.24) is 10.2 Å². The van der Waals surface area contributed by atoms with Crippen LogP contribution in [0.3, 0.4) is 0 Å². The molecule has 3 rings (SSSR count). The Labute approximate surface area is 239 Å². The number of halogens is 2. The largest absolute Gasteiger partial charge is 0.497 e. The smallest absolute Gasteiger partial charge is 0.244 e. The number of nitrogens with one attached hydrogen (secondary N) is 1. The van der Waals surface area contributed by atoms with Gasteiger partial charge >= 0.3 is 0 Å². The van der Waals surface area contributed by atoms with Gasteiger partial charge in [-0.25, -0.2) is 8.42 Å². The highest BCUT2D eigenvalue weighted by atomic mass is 35.5. The summed E-state index contributed by atoms with van der Waals surface area (Å²) in [6.07, 6.45) is 1.20. The number of anilines is 1. The molecule has 0 aromatic heterocycles. The molecule has 0 heterocycles. The van der Waals surface area contributed by atoms with Gasteiger partial charge in [0.2, 0.25) is 21.8 Å². The first-order chi connectivity index (χ1) is 18.5. The Balaban J connectivity index is 2.08. The standard InChI is InChI=1S/C28H31Cl2N3O5S/c1-4-31-28(35)26(16-20-9-6-5-7-10-20)32(18-21-11-8-12-23(15-21)38-2)27(34)19-33(39(3,36)37)25-17-22(29)13-14-24(25)30/h5-15,17,26H,4,16,18-19H2,1-3H3,(H,31,35)/t26-/m0/s1. The monoisotopic (exact) mass is 591 g/mol. The first-order valence-corrected chi connectivity index (χ1v) is 14.8. The quantitative estimate of drug-likeness (QED) is 0.333. The molecule has 0 spiro atoms. The van der Waals surface area contributed by atoms with E-state index < -0.39 is 28.5 Å². The highest BCUT2D eigenvalue weighted by molar-refractivity contribution is 7.92. The van der Waals surface area contributed by atoms with Crippen molar-refractivity contribution < 1.29 is 22.7 Å². The molecule has 0 aliphatic heterocycles. The van der Waals surface area contributed by atoms with Crippen LogP contribution in [0.2, 0.25) is 10.0 Å². The lowest BCUT2D eigenvalue weighted by Gasteiger charge is -2.33. The summed E-state index contributed by atoms with van der Waals surface area (Å²) in [5, 5.41) is 3.18. The van der Waals surface area contributed by atoms with E-state index in [0.717, 1.165) is 16.1 Å². The predicted octanol–water partition coefficient (Wildman–Crippen LogP) is 4.54. The Morgan fingerprint density at radius 3 is 2.31 bits per heavy atom. The molecular formula is C28H31Cl2N3O5S. The second kappa shape index (κ2) is 13.7. The summed E-state index contributed by atoms with van der Waals surface area (Å²) in [5.74, 6) is -0.364. The van der Waals surface area contributed by atoms with Gasteiger partial charge < -0.3 is 15.0 Å². The minimum Gasteiger partial charge on any atom is -0.497 e. The fourth-order valence-electron chi connectivity index (χ4n) is 4.09. The molecule has 0 fully saturated rings. The summed E-state index contributed by atoms with van der Waals surface area (Å²) >= 11 is 12.4. The van der Waals surface area contributed by atoms with Crippen molar-refractivity contribution in [3.05, 3.63) is 94.0 Å². The third-order valence-electron chi connectivity index (χ3n) is 5.97. The fraction of sp³-hybridized carbons (Fsp3) is 0.286. The number of rotatable bonds is 12. The van der Waals surface area contributed by atoms with Crippen LogP contribution in [0.15, 0.2) is 72.8 Å². The van der Waals surface area contributed by atoms with Gasteiger partial charge in [-0.1, -0.05) is 65.7 Å². The number of hydrogen-bond donors (Lipinski definition) is 1. The zero-order valence-corrected chi connectivity index (χ0v) is 24.3. The van der Waals surface area contributed by atoms with E-state index in [-0.39, 0.29) is 34.6 Å². The summed E-state index contributed by atoms with van der Waals surface area (Å²) in [6, 6.07) is 19.9. The van der Waals surface area contributed by atoms with Gasteiger partial charge in [0, 0.05) is 24.5 Å². The molecule has 11 heteroatoms. The lowest BCUT2D eigenvalue weighted by Crippen LogP contribution is -2.53. The summed E-state index contributed by atoms with van der Waals surface area (Å²) in [4.78, 5) is 28.8. The second-order valence-electron chi connectivity index (χ2n) is 8.84. The highest BCUT2D eigenvalue weighted by Gasteiger charge is 2.33. The van der Waals surface area contributed by atoms with Crippen molar-refractivity contribution >= 4 is 50.7 Å². The topological polar surface area (TPSA) is 96.0 Å². The third-order valence-corrected chi connectivity index (χ3v) is 7.65. The molecule has 208 valence electrons. The summed E-state index contributed by atoms with van der Waals surface area (Å²) in [5.41, 5.74) is 1.62. The van der Waals surface area contributed by atoms with Gasteiger partial charge in [0.1, 0.15) is 18.3 Å². The van der Waals surface area contributed by atoms with Crippen LogP contribution < -0.4 is 14.4 Å². The maximum Gasteiger partial charge on any atom is 0.244 e. The van der Waals surface area contributed by atoms with Crippen LogP contribution >= 0.6 is 23.2 Å². The number of carbonyl (C=O) groups is 2. The summed E-state index contributed by atoms with van der Waals surface area (Å²) in [6.45, 7) is 1.59. The predicted molar refractivity (Wildman–Crippen MR) is 155 cm³/mol. The van der Waals surface area contributed by atoms with E-state index >= 15 is 0 Å². The molecule has 0 aliphatic carbocycles. The number of nitrogens with zero attached hydrogens (tertiary/aromatic N) is 2. The molecule has 2 amide bonds. The molecule has 0 aliphatic rings. The number of sulfonamides is 1. The van der Waals surface area contributed by atoms with Crippen LogP contribution in [0, 0.1) is 0 Å². The number of benzene rings is 3. The SMILES string of the molecule is CCNC(=O)[C@H](Cc1ccccc1)N(Cc1cccc(OC)c1)C(=O)CN(c1cc(Cl)ccc1Cl)S(C)(=O)=O. The maximum absolute atomic E-state index is 14.0. The number of likely N-dealkylation sites (N-methyl/N-ethyl adjacent to an activating group) is 1. The van der Waals surface area contributed by atoms with Crippen LogP contribution in [0.1, 0.15) is 18.1 Å². The van der Waals surface area contributed by atoms with Gasteiger partial charge in [-0.2, -0.15) is 0 Å². The zero-order chi connectivity index (χ0) is 28.6. The lowest BCUT2D eigenvalue weighted by atomic mass is 10.0. The molecule has 1 atom stereocenters. The Kier molecular flexibility index (Phi) is 10.6. The molecule has 0 saturated heterocycles. The molecule has 3 aromatic rings. The van der Waals surface area contributed by atoms with Crippen LogP contribution in [0.5, 0.6) is 5.75 Å². The molecule has 0 saturated carbocycles. The number of ether oxygens (including phenoxy) is 1. The number of methoxy groups -OCH3 is 1. The van der Waals surface area contributed by atoms with Crippen LogP contribution in [0.25, 0.3) is 0 Å². The molecule has 3 aromatic carbocycles. The molecule has 1 N–H and O–H groups in total. The molecule has 0 bridgehead atoms. The number of amides is 2. The first kappa shape index (κ1) is 30.3. The average molecular weight is 593 g/mol. The summed E-state index contributed by atoms with van der Waals surface area (Å²) in [7, 11) is -2.43. The van der Waals surface area contributed by atoms with Crippen LogP contribution in [-0.2, 0) is 32.6 Å². The molecule has 8 nitrogen and oxygen atoms in total. The van der Waals surface area contributed by atoms with Crippen LogP contribution in [-0.4, -0.2) is 57.6 Å². The number of hydrogen-bond acceptors (Lipinski definition) is 5. The Morgan fingerprint density at radius 1 is 0.974 bits per heavy atom. The van der Waals surface area contributed by atoms with Gasteiger partial charge in [-0.05, 0) is 48.4 Å². The van der Waals surface area contributed by atoms with Gasteiger partial charge in [-0.3, -0.25) is 13.9 Å². The third kappa shape index (κ3) is 8.36. The zero-order valence-electron chi connectivity index (χ0n) is 21.9. The summed E-state index contributed by atoms with van der Waals surface area (Å²) < 4.78 is 31.9. The maximum atomic E-state index is 14.0. The Bertz CT molecular complexity index is 1400. The van der Waals surface area contributed by atoms with E-state index in [0.29, 0.717) is 17.9 Å². The van der Waals surface area contributed by atoms with E-state index in [2.05, 4.69) is 5.32 Å². The molecular weight excluding hydrogens is 561 g/mol. The van der Waals surface area contributed by atoms with E-state index in [1.165, 1.54) is 30.2 Å². The van der Waals surface area contributed by atoms with Crippen molar-refractivity contribution in [2.45, 2.75) is 25.9 Å².